The van der Waals surface area contributed by atoms with Gasteiger partial charge in [-0.15, -0.1) is 0 Å². The monoisotopic (exact) mass is 793 g/mol. The predicted molar refractivity (Wildman–Crippen MR) is 247 cm³/mol. The summed E-state index contributed by atoms with van der Waals surface area (Å²) in [6, 6.07) is 0. The van der Waals surface area contributed by atoms with Crippen LogP contribution >= 0.6 is 0 Å². The SMILES string of the molecule is CC(C)[C@@H](C)/C=C/[C@@H](C)[C@H]1CC[C@H]2C3=CC=C4C[C@@H](O)CC[C@]4(C)[C@H]3CC[C@]12C.CC(C)[C@@H](C)/C=C/[C@@H](C)[C@H]1CC[C@H]2C3=CC=C4C[C@@H](O)CC[C@]4(C)[C@H]3CC[C@]12C. The van der Waals surface area contributed by atoms with Gasteiger partial charge in [0.1, 0.15) is 0 Å². The molecule has 324 valence electrons. The lowest BCUT2D eigenvalue weighted by molar-refractivity contribution is 0.0382. The minimum absolute atomic E-state index is 0.116. The fourth-order valence-electron chi connectivity index (χ4n) is 15.2. The molecular formula is C56H88O2. The molecule has 0 unspecified atom stereocenters. The zero-order valence-corrected chi connectivity index (χ0v) is 39.5. The Bertz CT molecular complexity index is 1550. The fourth-order valence-corrected chi connectivity index (χ4v) is 15.2. The van der Waals surface area contributed by atoms with Gasteiger partial charge >= 0.3 is 0 Å². The fraction of sp³-hybridized carbons (Fsp3) is 0.786. The Balaban J connectivity index is 0.000000177. The Morgan fingerprint density at radius 1 is 0.466 bits per heavy atom. The molecule has 0 amide bonds. The second-order valence-electron chi connectivity index (χ2n) is 23.7. The molecular weight excluding hydrogens is 705 g/mol. The molecule has 16 atom stereocenters. The molecule has 2 N–H and O–H groups in total. The summed E-state index contributed by atoms with van der Waals surface area (Å²) in [4.78, 5) is 0. The van der Waals surface area contributed by atoms with Gasteiger partial charge in [0.05, 0.1) is 12.2 Å². The molecule has 58 heavy (non-hydrogen) atoms. The van der Waals surface area contributed by atoms with Crippen LogP contribution in [0.1, 0.15) is 173 Å². The molecule has 0 aromatic heterocycles. The summed E-state index contributed by atoms with van der Waals surface area (Å²) in [6.07, 6.45) is 36.8. The molecule has 8 aliphatic rings. The molecule has 6 saturated carbocycles. The molecule has 0 spiro atoms. The summed E-state index contributed by atoms with van der Waals surface area (Å²) < 4.78 is 0. The molecule has 2 heteroatoms. The van der Waals surface area contributed by atoms with Crippen LogP contribution in [0.2, 0.25) is 0 Å². The second-order valence-corrected chi connectivity index (χ2v) is 23.7. The molecule has 0 aromatic rings. The Labute approximate surface area is 357 Å². The van der Waals surface area contributed by atoms with Gasteiger partial charge in [0.25, 0.3) is 0 Å². The van der Waals surface area contributed by atoms with Gasteiger partial charge in [0.15, 0.2) is 0 Å². The van der Waals surface area contributed by atoms with Crippen molar-refractivity contribution in [2.24, 2.45) is 92.7 Å². The standard InChI is InChI=1S/2C28H44O/c2*1-18(2)19(3)7-8-20(4)24-11-12-25-23-10-9-21-17-22(29)13-15-27(21,5)26(23)14-16-28(24,25)6/h2*7-10,18-20,22,24-26,29H,11-17H2,1-6H3/b2*8-7+/t2*19-,20+,22-,24+,25-,26-,27-,28+/m00/s1. The van der Waals surface area contributed by atoms with Crippen LogP contribution in [-0.4, -0.2) is 22.4 Å². The normalized spacial score (nSPS) is 44.0. The van der Waals surface area contributed by atoms with E-state index < -0.39 is 0 Å². The zero-order valence-electron chi connectivity index (χ0n) is 39.5. The van der Waals surface area contributed by atoms with Crippen molar-refractivity contribution in [1.82, 2.24) is 0 Å². The van der Waals surface area contributed by atoms with Crippen molar-refractivity contribution >= 4 is 0 Å². The minimum Gasteiger partial charge on any atom is -0.393 e. The van der Waals surface area contributed by atoms with Crippen molar-refractivity contribution in [2.45, 2.75) is 185 Å². The van der Waals surface area contributed by atoms with Crippen molar-refractivity contribution in [2.75, 3.05) is 0 Å². The zero-order chi connectivity index (χ0) is 41.9. The maximum absolute atomic E-state index is 10.2. The summed E-state index contributed by atoms with van der Waals surface area (Å²) in [5.41, 5.74) is 8.14. The number of fused-ring (bicyclic) bond motifs is 10. The highest BCUT2D eigenvalue weighted by atomic mass is 16.3. The average molecular weight is 793 g/mol. The Hall–Kier alpha value is -1.64. The third kappa shape index (κ3) is 7.86. The van der Waals surface area contributed by atoms with Gasteiger partial charge in [-0.1, -0.05) is 154 Å². The number of rotatable bonds is 8. The first-order valence-corrected chi connectivity index (χ1v) is 24.9. The van der Waals surface area contributed by atoms with E-state index in [1.54, 1.807) is 11.1 Å². The van der Waals surface area contributed by atoms with E-state index in [2.05, 4.69) is 132 Å². The third-order valence-electron chi connectivity index (χ3n) is 20.0. The van der Waals surface area contributed by atoms with Crippen molar-refractivity contribution in [3.63, 3.8) is 0 Å². The number of aliphatic hydroxyl groups is 2. The van der Waals surface area contributed by atoms with E-state index in [1.807, 2.05) is 0 Å². The van der Waals surface area contributed by atoms with Gasteiger partial charge in [0, 0.05) is 0 Å². The van der Waals surface area contributed by atoms with Crippen LogP contribution in [-0.2, 0) is 0 Å². The number of aliphatic hydroxyl groups excluding tert-OH is 2. The molecule has 8 rings (SSSR count). The number of hydrogen-bond donors (Lipinski definition) is 2. The lowest BCUT2D eigenvalue weighted by atomic mass is 9.50. The van der Waals surface area contributed by atoms with Crippen molar-refractivity contribution < 1.29 is 10.2 Å². The predicted octanol–water partition coefficient (Wildman–Crippen LogP) is 14.7. The van der Waals surface area contributed by atoms with Gasteiger partial charge in [0.2, 0.25) is 0 Å². The van der Waals surface area contributed by atoms with E-state index in [0.717, 1.165) is 73.0 Å². The summed E-state index contributed by atoms with van der Waals surface area (Å²) >= 11 is 0. The van der Waals surface area contributed by atoms with Gasteiger partial charge in [-0.25, -0.2) is 0 Å². The van der Waals surface area contributed by atoms with Crippen LogP contribution in [0, 0.1) is 92.7 Å². The van der Waals surface area contributed by atoms with E-state index in [9.17, 15) is 10.2 Å². The van der Waals surface area contributed by atoms with E-state index >= 15 is 0 Å². The van der Waals surface area contributed by atoms with E-state index in [0.29, 0.717) is 45.3 Å². The smallest absolute Gasteiger partial charge is 0.0578 e. The van der Waals surface area contributed by atoms with Crippen LogP contribution < -0.4 is 0 Å². The van der Waals surface area contributed by atoms with Crippen molar-refractivity contribution in [3.05, 3.63) is 70.9 Å². The molecule has 8 aliphatic carbocycles. The van der Waals surface area contributed by atoms with Crippen LogP contribution in [0.15, 0.2) is 70.9 Å². The maximum Gasteiger partial charge on any atom is 0.0578 e. The first-order chi connectivity index (χ1) is 27.3. The summed E-state index contributed by atoms with van der Waals surface area (Å²) in [6.45, 7) is 29.2. The second kappa shape index (κ2) is 16.9. The summed E-state index contributed by atoms with van der Waals surface area (Å²) in [7, 11) is 0. The molecule has 0 heterocycles. The topological polar surface area (TPSA) is 40.5 Å². The lowest BCUT2D eigenvalue weighted by Crippen LogP contribution is -2.46. The highest BCUT2D eigenvalue weighted by molar-refractivity contribution is 5.40. The van der Waals surface area contributed by atoms with Crippen LogP contribution in [0.4, 0.5) is 0 Å². The number of hydrogen-bond acceptors (Lipinski definition) is 2. The molecule has 0 radical (unpaired) electrons. The average Bonchev–Trinajstić information content (AvgIpc) is 3.73. The van der Waals surface area contributed by atoms with Gasteiger partial charge in [-0.2, -0.15) is 0 Å². The third-order valence-corrected chi connectivity index (χ3v) is 20.0. The van der Waals surface area contributed by atoms with Gasteiger partial charge in [-0.05, 0) is 183 Å². The van der Waals surface area contributed by atoms with E-state index in [1.165, 1.54) is 75.4 Å². The Morgan fingerprint density at radius 2 is 0.845 bits per heavy atom. The van der Waals surface area contributed by atoms with Crippen LogP contribution in [0.25, 0.3) is 0 Å². The summed E-state index contributed by atoms with van der Waals surface area (Å²) in [5.74, 6) is 8.76. The van der Waals surface area contributed by atoms with Crippen LogP contribution in [0.3, 0.4) is 0 Å². The molecule has 0 aromatic carbocycles. The highest BCUT2D eigenvalue weighted by Crippen LogP contribution is 2.67. The molecule has 0 aliphatic heterocycles. The van der Waals surface area contributed by atoms with Crippen molar-refractivity contribution in [3.8, 4) is 0 Å². The largest absolute Gasteiger partial charge is 0.393 e. The lowest BCUT2D eigenvalue weighted by Gasteiger charge is -2.55. The van der Waals surface area contributed by atoms with Crippen LogP contribution in [0.5, 0.6) is 0 Å². The minimum atomic E-state index is -0.116. The molecule has 2 nitrogen and oxygen atoms in total. The first kappa shape index (κ1) is 44.4. The highest BCUT2D eigenvalue weighted by Gasteiger charge is 2.58. The van der Waals surface area contributed by atoms with Gasteiger partial charge in [-0.3, -0.25) is 0 Å². The Morgan fingerprint density at radius 3 is 1.21 bits per heavy atom. The Kier molecular flexibility index (Phi) is 12.9. The number of allylic oxidation sites excluding steroid dienone is 10. The molecule has 0 saturated heterocycles. The van der Waals surface area contributed by atoms with E-state index in [4.69, 9.17) is 0 Å². The molecule has 0 bridgehead atoms. The van der Waals surface area contributed by atoms with Crippen molar-refractivity contribution in [1.29, 1.82) is 0 Å². The first-order valence-electron chi connectivity index (χ1n) is 24.9. The van der Waals surface area contributed by atoms with Gasteiger partial charge < -0.3 is 10.2 Å². The maximum atomic E-state index is 10.2. The van der Waals surface area contributed by atoms with E-state index in [-0.39, 0.29) is 12.2 Å². The quantitative estimate of drug-likeness (QED) is 0.240. The molecule has 6 fully saturated rings. The summed E-state index contributed by atoms with van der Waals surface area (Å²) in [5, 5.41) is 20.4.